The number of rotatable bonds is 2. The lowest BCUT2D eigenvalue weighted by Gasteiger charge is -2.11. The molecule has 1 atom stereocenters. The van der Waals surface area contributed by atoms with Gasteiger partial charge >= 0.3 is 6.09 Å². The molecular weight excluding hydrogens is 194 g/mol. The molecular formula is C11H13NO3. The summed E-state index contributed by atoms with van der Waals surface area (Å²) in [6.45, 7) is 2.36. The van der Waals surface area contributed by atoms with Crippen molar-refractivity contribution < 1.29 is 14.3 Å². The van der Waals surface area contributed by atoms with Gasteiger partial charge in [-0.05, 0) is 24.1 Å². The van der Waals surface area contributed by atoms with E-state index in [1.807, 2.05) is 25.1 Å². The molecule has 1 N–H and O–H groups in total. The van der Waals surface area contributed by atoms with Crippen LogP contribution in [0.1, 0.15) is 17.2 Å². The number of hydrogen-bond acceptors (Lipinski definition) is 3. The van der Waals surface area contributed by atoms with E-state index in [1.54, 1.807) is 7.11 Å². The number of nitrogens with one attached hydrogen (secondary N) is 1. The largest absolute Gasteiger partial charge is 0.496 e. The fraction of sp³-hybridized carbons (Fsp3) is 0.364. The van der Waals surface area contributed by atoms with Crippen LogP contribution in [0.15, 0.2) is 18.2 Å². The maximum atomic E-state index is 10.9. The van der Waals surface area contributed by atoms with Crippen molar-refractivity contribution in [3.8, 4) is 5.75 Å². The van der Waals surface area contributed by atoms with E-state index in [0.717, 1.165) is 16.9 Å². The highest BCUT2D eigenvalue weighted by Crippen LogP contribution is 2.25. The molecule has 1 amide bonds. The second-order valence-corrected chi connectivity index (χ2v) is 3.52. The molecule has 0 aliphatic carbocycles. The SMILES string of the molecule is COc1cc([C@H]2COC(=O)N2)ccc1C. The number of carbonyl (C=O) groups is 1. The van der Waals surface area contributed by atoms with E-state index in [-0.39, 0.29) is 12.1 Å². The number of benzene rings is 1. The molecule has 15 heavy (non-hydrogen) atoms. The zero-order valence-corrected chi connectivity index (χ0v) is 8.74. The Morgan fingerprint density at radius 2 is 2.33 bits per heavy atom. The van der Waals surface area contributed by atoms with Crippen LogP contribution in [0.2, 0.25) is 0 Å². The van der Waals surface area contributed by atoms with Gasteiger partial charge in [0.1, 0.15) is 12.4 Å². The first kappa shape index (κ1) is 9.83. The number of aryl methyl sites for hydroxylation is 1. The quantitative estimate of drug-likeness (QED) is 0.804. The lowest BCUT2D eigenvalue weighted by molar-refractivity contribution is 0.177. The topological polar surface area (TPSA) is 47.6 Å². The summed E-state index contributed by atoms with van der Waals surface area (Å²) in [5, 5.41) is 2.72. The Balaban J connectivity index is 2.25. The number of carbonyl (C=O) groups excluding carboxylic acids is 1. The Kier molecular flexibility index (Phi) is 2.49. The van der Waals surface area contributed by atoms with Crippen molar-refractivity contribution in [1.82, 2.24) is 5.32 Å². The van der Waals surface area contributed by atoms with E-state index in [9.17, 15) is 4.79 Å². The first-order valence-electron chi connectivity index (χ1n) is 4.78. The minimum absolute atomic E-state index is 0.0630. The average Bonchev–Trinajstić information content (AvgIpc) is 2.66. The molecule has 0 saturated carbocycles. The zero-order chi connectivity index (χ0) is 10.8. The summed E-state index contributed by atoms with van der Waals surface area (Å²) in [6.07, 6.45) is -0.362. The number of amides is 1. The van der Waals surface area contributed by atoms with Gasteiger partial charge in [0.15, 0.2) is 0 Å². The van der Waals surface area contributed by atoms with Crippen LogP contribution in [0.5, 0.6) is 5.75 Å². The van der Waals surface area contributed by atoms with E-state index in [4.69, 9.17) is 9.47 Å². The molecule has 1 saturated heterocycles. The van der Waals surface area contributed by atoms with Crippen molar-refractivity contribution >= 4 is 6.09 Å². The molecule has 0 spiro atoms. The molecule has 1 aliphatic rings. The average molecular weight is 207 g/mol. The number of cyclic esters (lactones) is 1. The van der Waals surface area contributed by atoms with E-state index >= 15 is 0 Å². The lowest BCUT2D eigenvalue weighted by atomic mass is 10.1. The summed E-state index contributed by atoms with van der Waals surface area (Å²) in [7, 11) is 1.63. The van der Waals surface area contributed by atoms with Crippen LogP contribution in [-0.4, -0.2) is 19.8 Å². The highest BCUT2D eigenvalue weighted by molar-refractivity contribution is 5.70. The summed E-state index contributed by atoms with van der Waals surface area (Å²) >= 11 is 0. The molecule has 1 heterocycles. The van der Waals surface area contributed by atoms with Crippen LogP contribution in [0, 0.1) is 6.92 Å². The van der Waals surface area contributed by atoms with E-state index in [1.165, 1.54) is 0 Å². The van der Waals surface area contributed by atoms with Gasteiger partial charge in [-0.3, -0.25) is 0 Å². The number of methoxy groups -OCH3 is 1. The summed E-state index contributed by atoms with van der Waals surface area (Å²) in [4.78, 5) is 10.9. The van der Waals surface area contributed by atoms with Gasteiger partial charge in [0, 0.05) is 0 Å². The highest BCUT2D eigenvalue weighted by atomic mass is 16.6. The summed E-state index contributed by atoms with van der Waals surface area (Å²) < 4.78 is 10.1. The van der Waals surface area contributed by atoms with E-state index in [0.29, 0.717) is 6.61 Å². The van der Waals surface area contributed by atoms with Crippen molar-refractivity contribution in [1.29, 1.82) is 0 Å². The highest BCUT2D eigenvalue weighted by Gasteiger charge is 2.24. The Morgan fingerprint density at radius 3 is 2.93 bits per heavy atom. The molecule has 2 rings (SSSR count). The molecule has 0 aromatic heterocycles. The Labute approximate surface area is 88.2 Å². The minimum Gasteiger partial charge on any atom is -0.496 e. The maximum Gasteiger partial charge on any atom is 0.407 e. The van der Waals surface area contributed by atoms with Crippen LogP contribution in [0.3, 0.4) is 0 Å². The van der Waals surface area contributed by atoms with Crippen molar-refractivity contribution in [3.63, 3.8) is 0 Å². The van der Waals surface area contributed by atoms with Gasteiger partial charge in [0.25, 0.3) is 0 Å². The van der Waals surface area contributed by atoms with Crippen molar-refractivity contribution in [2.75, 3.05) is 13.7 Å². The second-order valence-electron chi connectivity index (χ2n) is 3.52. The number of ether oxygens (including phenoxy) is 2. The normalized spacial score (nSPS) is 19.6. The molecule has 1 aromatic carbocycles. The van der Waals surface area contributed by atoms with Gasteiger partial charge in [-0.15, -0.1) is 0 Å². The third-order valence-electron chi connectivity index (χ3n) is 2.51. The molecule has 1 aliphatic heterocycles. The van der Waals surface area contributed by atoms with Crippen molar-refractivity contribution in [2.45, 2.75) is 13.0 Å². The van der Waals surface area contributed by atoms with E-state index in [2.05, 4.69) is 5.32 Å². The fourth-order valence-electron chi connectivity index (χ4n) is 1.62. The zero-order valence-electron chi connectivity index (χ0n) is 8.74. The van der Waals surface area contributed by atoms with Crippen molar-refractivity contribution in [2.24, 2.45) is 0 Å². The minimum atomic E-state index is -0.362. The Hall–Kier alpha value is -1.71. The van der Waals surface area contributed by atoms with Gasteiger partial charge in [0.2, 0.25) is 0 Å². The number of hydrogen-bond donors (Lipinski definition) is 1. The summed E-state index contributed by atoms with van der Waals surface area (Å²) in [6, 6.07) is 5.80. The molecule has 1 fully saturated rings. The third-order valence-corrected chi connectivity index (χ3v) is 2.51. The third kappa shape index (κ3) is 1.88. The van der Waals surface area contributed by atoms with Crippen LogP contribution in [0.4, 0.5) is 4.79 Å². The first-order valence-corrected chi connectivity index (χ1v) is 4.78. The maximum absolute atomic E-state index is 10.9. The smallest absolute Gasteiger partial charge is 0.407 e. The predicted octanol–water partition coefficient (Wildman–Crippen LogP) is 1.78. The predicted molar refractivity (Wildman–Crippen MR) is 55.0 cm³/mol. The van der Waals surface area contributed by atoms with Gasteiger partial charge < -0.3 is 14.8 Å². The lowest BCUT2D eigenvalue weighted by Crippen LogP contribution is -2.18. The number of alkyl carbamates (subject to hydrolysis) is 1. The first-order chi connectivity index (χ1) is 7.20. The van der Waals surface area contributed by atoms with Crippen LogP contribution in [-0.2, 0) is 4.74 Å². The second kappa shape index (κ2) is 3.81. The van der Waals surface area contributed by atoms with Crippen LogP contribution >= 0.6 is 0 Å². The fourth-order valence-corrected chi connectivity index (χ4v) is 1.62. The Morgan fingerprint density at radius 1 is 1.53 bits per heavy atom. The summed E-state index contributed by atoms with van der Waals surface area (Å²) in [5.41, 5.74) is 2.08. The Bertz CT molecular complexity index is 389. The molecule has 0 unspecified atom stereocenters. The standard InChI is InChI=1S/C11H13NO3/c1-7-3-4-8(5-10(7)14-2)9-6-15-11(13)12-9/h3-5,9H,6H2,1-2H3,(H,12,13)/t9-/m1/s1. The molecule has 1 aromatic rings. The monoisotopic (exact) mass is 207 g/mol. The molecule has 0 radical (unpaired) electrons. The van der Waals surface area contributed by atoms with Gasteiger partial charge in [0.05, 0.1) is 13.2 Å². The van der Waals surface area contributed by atoms with Crippen molar-refractivity contribution in [3.05, 3.63) is 29.3 Å². The van der Waals surface area contributed by atoms with E-state index < -0.39 is 0 Å². The van der Waals surface area contributed by atoms with Gasteiger partial charge in [-0.25, -0.2) is 4.79 Å². The van der Waals surface area contributed by atoms with Gasteiger partial charge in [-0.2, -0.15) is 0 Å². The molecule has 80 valence electrons. The summed E-state index contributed by atoms with van der Waals surface area (Å²) in [5.74, 6) is 0.827. The van der Waals surface area contributed by atoms with Crippen LogP contribution in [0.25, 0.3) is 0 Å². The molecule has 4 nitrogen and oxygen atoms in total. The van der Waals surface area contributed by atoms with Gasteiger partial charge in [-0.1, -0.05) is 12.1 Å². The molecule has 4 heteroatoms. The molecule has 0 bridgehead atoms. The van der Waals surface area contributed by atoms with Crippen LogP contribution < -0.4 is 10.1 Å².